The summed E-state index contributed by atoms with van der Waals surface area (Å²) in [5.74, 6) is 0.100. The number of pyridine rings is 1. The Morgan fingerprint density at radius 3 is 2.48 bits per heavy atom. The molecule has 0 aliphatic heterocycles. The number of hydrogen-bond acceptors (Lipinski definition) is 4. The van der Waals surface area contributed by atoms with E-state index in [2.05, 4.69) is 35.5 Å². The quantitative estimate of drug-likeness (QED) is 0.669. The van der Waals surface area contributed by atoms with E-state index in [1.54, 1.807) is 24.4 Å². The molecule has 1 aromatic heterocycles. The van der Waals surface area contributed by atoms with Gasteiger partial charge in [-0.2, -0.15) is 5.26 Å². The summed E-state index contributed by atoms with van der Waals surface area (Å²) in [5.41, 5.74) is 4.47. The number of aromatic nitrogens is 1. The Kier molecular flexibility index (Phi) is 5.48. The maximum absolute atomic E-state index is 12.7. The van der Waals surface area contributed by atoms with E-state index in [-0.39, 0.29) is 5.91 Å². The van der Waals surface area contributed by atoms with Crippen molar-refractivity contribution in [1.29, 1.82) is 5.26 Å². The number of nitrogens with zero attached hydrogens (tertiary/aromatic N) is 2. The molecule has 134 valence electrons. The molecule has 3 rings (SSSR count). The third kappa shape index (κ3) is 4.50. The second-order valence-corrected chi connectivity index (χ2v) is 6.47. The fourth-order valence-electron chi connectivity index (χ4n) is 2.74. The van der Waals surface area contributed by atoms with E-state index in [4.69, 9.17) is 5.26 Å². The van der Waals surface area contributed by atoms with Crippen molar-refractivity contribution in [3.63, 3.8) is 0 Å². The molecule has 0 unspecified atom stereocenters. The van der Waals surface area contributed by atoms with Crippen molar-refractivity contribution >= 4 is 23.0 Å². The predicted octanol–water partition coefficient (Wildman–Crippen LogP) is 5.07. The van der Waals surface area contributed by atoms with Gasteiger partial charge in [0.1, 0.15) is 0 Å². The lowest BCUT2D eigenvalue weighted by molar-refractivity contribution is 0.102. The van der Waals surface area contributed by atoms with Gasteiger partial charge in [0.05, 0.1) is 29.1 Å². The van der Waals surface area contributed by atoms with Crippen molar-refractivity contribution in [2.75, 3.05) is 10.6 Å². The molecule has 3 aromatic rings. The Morgan fingerprint density at radius 2 is 1.78 bits per heavy atom. The summed E-state index contributed by atoms with van der Waals surface area (Å²) < 4.78 is 0. The number of para-hydroxylation sites is 1. The molecule has 5 heteroatoms. The van der Waals surface area contributed by atoms with Crippen molar-refractivity contribution in [3.05, 3.63) is 83.7 Å². The van der Waals surface area contributed by atoms with Crippen molar-refractivity contribution in [1.82, 2.24) is 4.98 Å². The number of amides is 1. The minimum Gasteiger partial charge on any atom is -0.354 e. The smallest absolute Gasteiger partial charge is 0.257 e. The number of anilines is 3. The van der Waals surface area contributed by atoms with Gasteiger partial charge in [-0.15, -0.1) is 0 Å². The first-order valence-electron chi connectivity index (χ1n) is 8.69. The van der Waals surface area contributed by atoms with E-state index in [1.165, 1.54) is 6.20 Å². The predicted molar refractivity (Wildman–Crippen MR) is 107 cm³/mol. The van der Waals surface area contributed by atoms with Crippen LogP contribution in [0.4, 0.5) is 17.1 Å². The van der Waals surface area contributed by atoms with Gasteiger partial charge in [-0.1, -0.05) is 32.0 Å². The lowest BCUT2D eigenvalue weighted by Crippen LogP contribution is -2.14. The number of hydrogen-bond donors (Lipinski definition) is 2. The minimum atomic E-state index is -0.209. The van der Waals surface area contributed by atoms with Gasteiger partial charge in [-0.05, 0) is 47.9 Å². The molecule has 0 saturated heterocycles. The van der Waals surface area contributed by atoms with Crippen LogP contribution in [0.3, 0.4) is 0 Å². The molecule has 2 aromatic carbocycles. The molecule has 0 atom stereocenters. The molecular weight excluding hydrogens is 336 g/mol. The Balaban J connectivity index is 1.77. The van der Waals surface area contributed by atoms with Crippen LogP contribution in [0.1, 0.15) is 41.3 Å². The van der Waals surface area contributed by atoms with Gasteiger partial charge in [0, 0.05) is 17.6 Å². The Hall–Kier alpha value is -3.65. The standard InChI is InChI=1S/C22H20N4O/c1-15(2)20-5-3-4-6-21(20)26-22(27)17-11-19(14-24-13-17)25-18-9-7-16(12-23)8-10-18/h3-11,13-15,25H,1-2H3,(H,26,27). The molecule has 5 nitrogen and oxygen atoms in total. The van der Waals surface area contributed by atoms with Gasteiger partial charge in [0.25, 0.3) is 5.91 Å². The first-order chi connectivity index (χ1) is 13.1. The van der Waals surface area contributed by atoms with Crippen LogP contribution in [0.25, 0.3) is 0 Å². The monoisotopic (exact) mass is 356 g/mol. The molecule has 27 heavy (non-hydrogen) atoms. The van der Waals surface area contributed by atoms with Crippen LogP contribution in [0.5, 0.6) is 0 Å². The van der Waals surface area contributed by atoms with Crippen LogP contribution in [-0.4, -0.2) is 10.9 Å². The van der Waals surface area contributed by atoms with Crippen LogP contribution >= 0.6 is 0 Å². The molecule has 0 saturated carbocycles. The zero-order chi connectivity index (χ0) is 19.2. The van der Waals surface area contributed by atoms with E-state index in [9.17, 15) is 4.79 Å². The lowest BCUT2D eigenvalue weighted by Gasteiger charge is -2.14. The Morgan fingerprint density at radius 1 is 1.04 bits per heavy atom. The molecule has 0 aliphatic rings. The Labute approximate surface area is 158 Å². The van der Waals surface area contributed by atoms with Crippen LogP contribution in [0, 0.1) is 11.3 Å². The number of carbonyl (C=O) groups excluding carboxylic acids is 1. The van der Waals surface area contributed by atoms with Gasteiger partial charge in [-0.3, -0.25) is 9.78 Å². The van der Waals surface area contributed by atoms with E-state index < -0.39 is 0 Å². The highest BCUT2D eigenvalue weighted by Crippen LogP contribution is 2.24. The normalized spacial score (nSPS) is 10.3. The van der Waals surface area contributed by atoms with Gasteiger partial charge in [-0.25, -0.2) is 0 Å². The number of carbonyl (C=O) groups is 1. The largest absolute Gasteiger partial charge is 0.354 e. The third-order valence-corrected chi connectivity index (χ3v) is 4.13. The minimum absolute atomic E-state index is 0.209. The van der Waals surface area contributed by atoms with Crippen LogP contribution < -0.4 is 10.6 Å². The molecule has 0 bridgehead atoms. The fourth-order valence-corrected chi connectivity index (χ4v) is 2.74. The van der Waals surface area contributed by atoms with Crippen LogP contribution in [0.15, 0.2) is 67.0 Å². The van der Waals surface area contributed by atoms with Crippen molar-refractivity contribution in [2.45, 2.75) is 19.8 Å². The lowest BCUT2D eigenvalue weighted by atomic mass is 10.0. The zero-order valence-electron chi connectivity index (χ0n) is 15.2. The summed E-state index contributed by atoms with van der Waals surface area (Å²) in [4.78, 5) is 16.8. The summed E-state index contributed by atoms with van der Waals surface area (Å²) in [7, 11) is 0. The first kappa shape index (κ1) is 18.2. The first-order valence-corrected chi connectivity index (χ1v) is 8.69. The molecule has 0 fully saturated rings. The maximum Gasteiger partial charge on any atom is 0.257 e. The average molecular weight is 356 g/mol. The summed E-state index contributed by atoms with van der Waals surface area (Å²) in [5, 5.41) is 15.0. The number of nitriles is 1. The highest BCUT2D eigenvalue weighted by molar-refractivity contribution is 6.05. The summed E-state index contributed by atoms with van der Waals surface area (Å²) >= 11 is 0. The summed E-state index contributed by atoms with van der Waals surface area (Å²) in [6.45, 7) is 4.18. The summed E-state index contributed by atoms with van der Waals surface area (Å²) in [6, 6.07) is 18.7. The average Bonchev–Trinajstić information content (AvgIpc) is 2.69. The highest BCUT2D eigenvalue weighted by atomic mass is 16.1. The molecule has 2 N–H and O–H groups in total. The molecule has 1 heterocycles. The SMILES string of the molecule is CC(C)c1ccccc1NC(=O)c1cncc(Nc2ccc(C#N)cc2)c1. The van der Waals surface area contributed by atoms with Gasteiger partial charge < -0.3 is 10.6 Å². The van der Waals surface area contributed by atoms with E-state index in [0.717, 1.165) is 16.9 Å². The molecule has 0 aliphatic carbocycles. The maximum atomic E-state index is 12.7. The number of rotatable bonds is 5. The highest BCUT2D eigenvalue weighted by Gasteiger charge is 2.12. The molecule has 0 radical (unpaired) electrons. The fraction of sp³-hybridized carbons (Fsp3) is 0.136. The second kappa shape index (κ2) is 8.15. The second-order valence-electron chi connectivity index (χ2n) is 6.47. The van der Waals surface area contributed by atoms with E-state index in [0.29, 0.717) is 22.7 Å². The van der Waals surface area contributed by atoms with Gasteiger partial charge >= 0.3 is 0 Å². The third-order valence-electron chi connectivity index (χ3n) is 4.13. The summed E-state index contributed by atoms with van der Waals surface area (Å²) in [6.07, 6.45) is 3.19. The molecule has 0 spiro atoms. The van der Waals surface area contributed by atoms with Crippen molar-refractivity contribution in [2.24, 2.45) is 0 Å². The van der Waals surface area contributed by atoms with Gasteiger partial charge in [0.2, 0.25) is 0 Å². The zero-order valence-corrected chi connectivity index (χ0v) is 15.2. The molecule has 1 amide bonds. The topological polar surface area (TPSA) is 77.8 Å². The van der Waals surface area contributed by atoms with Crippen LogP contribution in [0.2, 0.25) is 0 Å². The van der Waals surface area contributed by atoms with Crippen molar-refractivity contribution < 1.29 is 4.79 Å². The van der Waals surface area contributed by atoms with Gasteiger partial charge in [0.15, 0.2) is 0 Å². The number of nitrogens with one attached hydrogen (secondary N) is 2. The van der Waals surface area contributed by atoms with E-state index >= 15 is 0 Å². The van der Waals surface area contributed by atoms with Crippen molar-refractivity contribution in [3.8, 4) is 6.07 Å². The van der Waals surface area contributed by atoms with Crippen LogP contribution in [-0.2, 0) is 0 Å². The Bertz CT molecular complexity index is 988. The molecular formula is C22H20N4O. The van der Waals surface area contributed by atoms with E-state index in [1.807, 2.05) is 36.4 Å². The number of benzene rings is 2.